The van der Waals surface area contributed by atoms with Crippen LogP contribution in [0.4, 0.5) is 8.78 Å². The summed E-state index contributed by atoms with van der Waals surface area (Å²) in [6.45, 7) is 1.72. The van der Waals surface area contributed by atoms with Crippen molar-refractivity contribution in [1.29, 1.82) is 0 Å². The van der Waals surface area contributed by atoms with Crippen LogP contribution in [0.3, 0.4) is 0 Å². The van der Waals surface area contributed by atoms with Crippen LogP contribution in [0.25, 0.3) is 0 Å². The molecule has 0 aliphatic carbocycles. The number of hydrogen-bond donors (Lipinski definition) is 0. The van der Waals surface area contributed by atoms with Gasteiger partial charge >= 0.3 is 0 Å². The first-order valence-corrected chi connectivity index (χ1v) is 9.69. The first-order valence-electron chi connectivity index (χ1n) is 8.25. The van der Waals surface area contributed by atoms with E-state index < -0.39 is 32.6 Å². The van der Waals surface area contributed by atoms with Crippen molar-refractivity contribution in [3.8, 4) is 0 Å². The molecule has 1 atom stereocenters. The summed E-state index contributed by atoms with van der Waals surface area (Å²) in [5, 5.41) is 0. The first kappa shape index (κ1) is 18.2. The minimum absolute atomic E-state index is 0.110. The zero-order valence-corrected chi connectivity index (χ0v) is 14.5. The Labute approximate surface area is 145 Å². The van der Waals surface area contributed by atoms with Crippen molar-refractivity contribution in [2.45, 2.75) is 30.2 Å². The van der Waals surface area contributed by atoms with E-state index in [0.29, 0.717) is 45.6 Å². The van der Waals surface area contributed by atoms with Gasteiger partial charge < -0.3 is 9.64 Å². The van der Waals surface area contributed by atoms with Crippen molar-refractivity contribution in [2.75, 3.05) is 32.8 Å². The summed E-state index contributed by atoms with van der Waals surface area (Å²) in [7, 11) is -4.31. The lowest BCUT2D eigenvalue weighted by Crippen LogP contribution is -2.55. The van der Waals surface area contributed by atoms with Crippen molar-refractivity contribution >= 4 is 15.9 Å². The smallest absolute Gasteiger partial charge is 0.246 e. The molecular formula is C16H20F2N2O4S. The van der Waals surface area contributed by atoms with Crippen LogP contribution in [0.2, 0.25) is 0 Å². The van der Waals surface area contributed by atoms with Gasteiger partial charge in [-0.15, -0.1) is 0 Å². The van der Waals surface area contributed by atoms with Gasteiger partial charge in [-0.3, -0.25) is 4.79 Å². The van der Waals surface area contributed by atoms with Gasteiger partial charge in [-0.1, -0.05) is 12.5 Å². The lowest BCUT2D eigenvalue weighted by molar-refractivity contribution is -0.140. The van der Waals surface area contributed by atoms with E-state index in [1.54, 1.807) is 4.90 Å². The summed E-state index contributed by atoms with van der Waals surface area (Å²) in [5.74, 6) is -2.94. The molecule has 1 amide bonds. The average Bonchev–Trinajstić information content (AvgIpc) is 2.64. The fourth-order valence-corrected chi connectivity index (χ4v) is 4.97. The molecule has 25 heavy (non-hydrogen) atoms. The molecule has 0 aromatic heterocycles. The van der Waals surface area contributed by atoms with E-state index in [9.17, 15) is 22.0 Å². The van der Waals surface area contributed by atoms with E-state index >= 15 is 0 Å². The Balaban J connectivity index is 1.92. The average molecular weight is 374 g/mol. The van der Waals surface area contributed by atoms with Crippen LogP contribution in [-0.2, 0) is 19.6 Å². The van der Waals surface area contributed by atoms with E-state index in [-0.39, 0.29) is 12.5 Å². The van der Waals surface area contributed by atoms with Gasteiger partial charge in [-0.2, -0.15) is 4.31 Å². The van der Waals surface area contributed by atoms with Crippen molar-refractivity contribution in [2.24, 2.45) is 0 Å². The predicted octanol–water partition coefficient (Wildman–Crippen LogP) is 1.37. The van der Waals surface area contributed by atoms with Crippen LogP contribution in [-0.4, -0.2) is 62.4 Å². The maximum atomic E-state index is 14.0. The maximum absolute atomic E-state index is 14.0. The van der Waals surface area contributed by atoms with Crippen LogP contribution in [0.5, 0.6) is 0 Å². The lowest BCUT2D eigenvalue weighted by Gasteiger charge is -2.37. The monoisotopic (exact) mass is 374 g/mol. The first-order chi connectivity index (χ1) is 11.9. The van der Waals surface area contributed by atoms with Gasteiger partial charge in [-0.05, 0) is 25.0 Å². The van der Waals surface area contributed by atoms with Crippen molar-refractivity contribution in [1.82, 2.24) is 9.21 Å². The molecule has 0 bridgehead atoms. The molecule has 2 aliphatic rings. The molecule has 1 aromatic rings. The summed E-state index contributed by atoms with van der Waals surface area (Å²) in [4.78, 5) is 13.6. The number of amides is 1. The maximum Gasteiger partial charge on any atom is 0.246 e. The van der Waals surface area contributed by atoms with Crippen molar-refractivity contribution in [3.05, 3.63) is 29.8 Å². The molecule has 0 N–H and O–H groups in total. The number of carbonyl (C=O) groups excluding carboxylic acids is 1. The number of hydrogen-bond acceptors (Lipinski definition) is 4. The van der Waals surface area contributed by atoms with Crippen LogP contribution >= 0.6 is 0 Å². The predicted molar refractivity (Wildman–Crippen MR) is 85.3 cm³/mol. The minimum atomic E-state index is -4.31. The Morgan fingerprint density at radius 2 is 1.84 bits per heavy atom. The second-order valence-corrected chi connectivity index (χ2v) is 7.98. The third-order valence-corrected chi connectivity index (χ3v) is 6.49. The number of halogens is 2. The van der Waals surface area contributed by atoms with Gasteiger partial charge in [-0.25, -0.2) is 17.2 Å². The number of piperidine rings is 1. The molecule has 2 saturated heterocycles. The lowest BCUT2D eigenvalue weighted by atomic mass is 10.0. The van der Waals surface area contributed by atoms with Crippen LogP contribution in [0.15, 0.2) is 23.1 Å². The van der Waals surface area contributed by atoms with Crippen LogP contribution < -0.4 is 0 Å². The summed E-state index contributed by atoms with van der Waals surface area (Å²) < 4.78 is 59.5. The number of nitrogens with zero attached hydrogens (tertiary/aromatic N) is 2. The van der Waals surface area contributed by atoms with Gasteiger partial charge in [0.2, 0.25) is 15.9 Å². The Hall–Kier alpha value is -1.58. The number of rotatable bonds is 3. The third-order valence-electron chi connectivity index (χ3n) is 4.56. The molecule has 0 spiro atoms. The van der Waals surface area contributed by atoms with Crippen LogP contribution in [0, 0.1) is 11.6 Å². The molecule has 2 heterocycles. The normalized spacial score (nSPS) is 22.8. The molecule has 6 nitrogen and oxygen atoms in total. The van der Waals surface area contributed by atoms with E-state index in [1.165, 1.54) is 0 Å². The van der Waals surface area contributed by atoms with Gasteiger partial charge in [0.1, 0.15) is 10.9 Å². The highest BCUT2D eigenvalue weighted by atomic mass is 32.2. The Kier molecular flexibility index (Phi) is 5.35. The number of sulfonamides is 1. The quantitative estimate of drug-likeness (QED) is 0.802. The largest absolute Gasteiger partial charge is 0.378 e. The highest BCUT2D eigenvalue weighted by molar-refractivity contribution is 7.89. The number of morpholine rings is 1. The summed E-state index contributed by atoms with van der Waals surface area (Å²) in [6.07, 6.45) is 1.65. The Morgan fingerprint density at radius 1 is 1.12 bits per heavy atom. The summed E-state index contributed by atoms with van der Waals surface area (Å²) >= 11 is 0. The fourth-order valence-electron chi connectivity index (χ4n) is 3.24. The van der Waals surface area contributed by atoms with Gasteiger partial charge in [0, 0.05) is 19.6 Å². The molecule has 9 heteroatoms. The molecule has 1 aromatic carbocycles. The molecule has 0 saturated carbocycles. The van der Waals surface area contributed by atoms with Crippen molar-refractivity contribution < 1.29 is 26.7 Å². The Morgan fingerprint density at radius 3 is 2.56 bits per heavy atom. The Bertz CT molecular complexity index is 751. The number of carbonyl (C=O) groups is 1. The zero-order chi connectivity index (χ0) is 18.0. The molecule has 0 radical (unpaired) electrons. The highest BCUT2D eigenvalue weighted by Gasteiger charge is 2.41. The fraction of sp³-hybridized carbons (Fsp3) is 0.562. The summed E-state index contributed by atoms with van der Waals surface area (Å²) in [5.41, 5.74) is 0. The van der Waals surface area contributed by atoms with Gasteiger partial charge in [0.15, 0.2) is 11.6 Å². The minimum Gasteiger partial charge on any atom is -0.378 e. The van der Waals surface area contributed by atoms with Crippen LogP contribution in [0.1, 0.15) is 19.3 Å². The standard InChI is InChI=1S/C16H20F2N2O4S/c17-12-4-3-6-14(15(12)18)25(22,23)20-7-2-1-5-13(20)16(21)19-8-10-24-11-9-19/h3-4,6,13H,1-2,5,7-11H2. The van der Waals surface area contributed by atoms with E-state index in [1.807, 2.05) is 0 Å². The third kappa shape index (κ3) is 3.54. The molecule has 2 fully saturated rings. The second kappa shape index (κ2) is 7.35. The topological polar surface area (TPSA) is 66.9 Å². The molecular weight excluding hydrogens is 354 g/mol. The molecule has 3 rings (SSSR count). The van der Waals surface area contributed by atoms with Gasteiger partial charge in [0.25, 0.3) is 0 Å². The molecule has 138 valence electrons. The highest BCUT2D eigenvalue weighted by Crippen LogP contribution is 2.28. The SMILES string of the molecule is O=C(C1CCCCN1S(=O)(=O)c1cccc(F)c1F)N1CCOCC1. The molecule has 1 unspecified atom stereocenters. The van der Waals surface area contributed by atoms with E-state index in [4.69, 9.17) is 4.74 Å². The summed E-state index contributed by atoms with van der Waals surface area (Å²) in [6, 6.07) is 2.15. The number of ether oxygens (including phenoxy) is 1. The van der Waals surface area contributed by atoms with Crippen molar-refractivity contribution in [3.63, 3.8) is 0 Å². The molecule has 2 aliphatic heterocycles. The number of benzene rings is 1. The zero-order valence-electron chi connectivity index (χ0n) is 13.7. The van der Waals surface area contributed by atoms with E-state index in [0.717, 1.165) is 22.5 Å². The second-order valence-electron chi connectivity index (χ2n) is 6.12. The van der Waals surface area contributed by atoms with Gasteiger partial charge in [0.05, 0.1) is 13.2 Å². The van der Waals surface area contributed by atoms with E-state index in [2.05, 4.69) is 0 Å².